The Labute approximate surface area is 176 Å². The number of nitrogens with one attached hydrogen (secondary N) is 3. The van der Waals surface area contributed by atoms with Crippen LogP contribution in [0, 0.1) is 17.2 Å². The van der Waals surface area contributed by atoms with Crippen LogP contribution in [-0.2, 0) is 6.54 Å². The molecule has 0 heterocycles. The van der Waals surface area contributed by atoms with Gasteiger partial charge in [-0.05, 0) is 80.1 Å². The molecule has 1 aliphatic rings. The third kappa shape index (κ3) is 6.06. The number of hydrogen-bond acceptors (Lipinski definition) is 4. The maximum Gasteiger partial charge on any atom is 0.319 e. The van der Waals surface area contributed by atoms with Gasteiger partial charge in [0.25, 0.3) is 5.91 Å². The topological polar surface area (TPSA) is 120 Å². The van der Waals surface area contributed by atoms with Crippen molar-refractivity contribution >= 4 is 17.6 Å². The Morgan fingerprint density at radius 1 is 1.07 bits per heavy atom. The SMILES string of the molecule is N#Cc1ccc(NC(=O)NCc2cccc(C(=O)NC3CCC(CN)CC3)c2)cc1. The minimum Gasteiger partial charge on any atom is -0.349 e. The van der Waals surface area contributed by atoms with Crippen molar-refractivity contribution in [1.29, 1.82) is 5.26 Å². The Balaban J connectivity index is 1.49. The third-order valence-electron chi connectivity index (χ3n) is 5.43. The van der Waals surface area contributed by atoms with E-state index in [1.165, 1.54) is 0 Å². The molecule has 0 radical (unpaired) electrons. The fourth-order valence-corrected chi connectivity index (χ4v) is 3.62. The fourth-order valence-electron chi connectivity index (χ4n) is 3.62. The molecule has 0 aromatic heterocycles. The molecular formula is C23H27N5O2. The molecule has 2 aromatic carbocycles. The van der Waals surface area contributed by atoms with Crippen molar-refractivity contribution < 1.29 is 9.59 Å². The van der Waals surface area contributed by atoms with E-state index >= 15 is 0 Å². The highest BCUT2D eigenvalue weighted by Gasteiger charge is 2.22. The number of carbonyl (C=O) groups is 2. The molecule has 7 nitrogen and oxygen atoms in total. The number of rotatable bonds is 6. The molecule has 0 bridgehead atoms. The van der Waals surface area contributed by atoms with E-state index in [2.05, 4.69) is 16.0 Å². The molecule has 0 unspecified atom stereocenters. The molecular weight excluding hydrogens is 378 g/mol. The lowest BCUT2D eigenvalue weighted by Gasteiger charge is -2.28. The predicted molar refractivity (Wildman–Crippen MR) is 116 cm³/mol. The second-order valence-electron chi connectivity index (χ2n) is 7.62. The first-order valence-corrected chi connectivity index (χ1v) is 10.2. The van der Waals surface area contributed by atoms with Crippen LogP contribution < -0.4 is 21.7 Å². The molecule has 2 aromatic rings. The molecule has 7 heteroatoms. The van der Waals surface area contributed by atoms with Crippen LogP contribution in [0.3, 0.4) is 0 Å². The minimum atomic E-state index is -0.355. The quantitative estimate of drug-likeness (QED) is 0.590. The smallest absolute Gasteiger partial charge is 0.319 e. The Morgan fingerprint density at radius 3 is 2.47 bits per heavy atom. The van der Waals surface area contributed by atoms with Crippen molar-refractivity contribution in [2.75, 3.05) is 11.9 Å². The van der Waals surface area contributed by atoms with Crippen LogP contribution in [-0.4, -0.2) is 24.5 Å². The summed E-state index contributed by atoms with van der Waals surface area (Å²) in [5.74, 6) is 0.484. The monoisotopic (exact) mass is 405 g/mol. The maximum absolute atomic E-state index is 12.6. The molecule has 30 heavy (non-hydrogen) atoms. The van der Waals surface area contributed by atoms with Crippen LogP contribution in [0.15, 0.2) is 48.5 Å². The van der Waals surface area contributed by atoms with Crippen molar-refractivity contribution in [3.63, 3.8) is 0 Å². The predicted octanol–water partition coefficient (Wildman–Crippen LogP) is 3.13. The number of carbonyl (C=O) groups excluding carboxylic acids is 2. The molecule has 3 rings (SSSR count). The van der Waals surface area contributed by atoms with Crippen LogP contribution >= 0.6 is 0 Å². The molecule has 1 aliphatic carbocycles. The van der Waals surface area contributed by atoms with Gasteiger partial charge in [0.1, 0.15) is 0 Å². The zero-order valence-electron chi connectivity index (χ0n) is 16.9. The summed E-state index contributed by atoms with van der Waals surface area (Å²) in [5, 5.41) is 17.4. The number of benzene rings is 2. The van der Waals surface area contributed by atoms with E-state index in [1.807, 2.05) is 18.2 Å². The second kappa shape index (κ2) is 10.4. The summed E-state index contributed by atoms with van der Waals surface area (Å²) in [6.45, 7) is 1.01. The average molecular weight is 406 g/mol. The summed E-state index contributed by atoms with van der Waals surface area (Å²) in [6.07, 6.45) is 4.04. The van der Waals surface area contributed by atoms with Crippen molar-refractivity contribution in [2.24, 2.45) is 11.7 Å². The zero-order chi connectivity index (χ0) is 21.3. The van der Waals surface area contributed by atoms with Crippen molar-refractivity contribution in [1.82, 2.24) is 10.6 Å². The van der Waals surface area contributed by atoms with E-state index in [9.17, 15) is 9.59 Å². The standard InChI is InChI=1S/C23H27N5O2/c24-13-16-4-8-20(9-5-16)27-22(29)19-3-1-2-18(12-19)15-26-23(30)28-21-10-6-17(14-25)7-11-21/h1-3,6-7,10-12,16,20H,4-5,8-9,13,15,24H2,(H,27,29)(H2,26,28,30). The van der Waals surface area contributed by atoms with Gasteiger partial charge < -0.3 is 21.7 Å². The highest BCUT2D eigenvalue weighted by molar-refractivity contribution is 5.94. The largest absolute Gasteiger partial charge is 0.349 e. The fraction of sp³-hybridized carbons (Fsp3) is 0.348. The van der Waals surface area contributed by atoms with E-state index in [4.69, 9.17) is 11.0 Å². The minimum absolute atomic E-state index is 0.0879. The number of hydrogen-bond donors (Lipinski definition) is 4. The lowest BCUT2D eigenvalue weighted by Crippen LogP contribution is -2.38. The highest BCUT2D eigenvalue weighted by atomic mass is 16.2. The number of anilines is 1. The average Bonchev–Trinajstić information content (AvgIpc) is 2.79. The van der Waals surface area contributed by atoms with Gasteiger partial charge in [0.15, 0.2) is 0 Å². The Hall–Kier alpha value is -3.37. The highest BCUT2D eigenvalue weighted by Crippen LogP contribution is 2.23. The summed E-state index contributed by atoms with van der Waals surface area (Å²) >= 11 is 0. The Bertz CT molecular complexity index is 912. The Morgan fingerprint density at radius 2 is 1.80 bits per heavy atom. The summed E-state index contributed by atoms with van der Waals surface area (Å²) in [4.78, 5) is 24.7. The molecule has 5 N–H and O–H groups in total. The summed E-state index contributed by atoms with van der Waals surface area (Å²) in [7, 11) is 0. The van der Waals surface area contributed by atoms with Crippen LogP contribution in [0.2, 0.25) is 0 Å². The van der Waals surface area contributed by atoms with Crippen LogP contribution in [0.5, 0.6) is 0 Å². The van der Waals surface area contributed by atoms with Gasteiger partial charge in [-0.3, -0.25) is 4.79 Å². The van der Waals surface area contributed by atoms with E-state index in [-0.39, 0.29) is 18.0 Å². The molecule has 3 amide bonds. The summed E-state index contributed by atoms with van der Waals surface area (Å²) in [6, 6.07) is 15.7. The molecule has 0 aliphatic heterocycles. The lowest BCUT2D eigenvalue weighted by atomic mass is 9.86. The number of amides is 3. The van der Waals surface area contributed by atoms with Crippen LogP contribution in [0.25, 0.3) is 0 Å². The second-order valence-corrected chi connectivity index (χ2v) is 7.62. The van der Waals surface area contributed by atoms with Crippen LogP contribution in [0.4, 0.5) is 10.5 Å². The molecule has 156 valence electrons. The first-order valence-electron chi connectivity index (χ1n) is 10.2. The van der Waals surface area contributed by atoms with Gasteiger partial charge in [-0.15, -0.1) is 0 Å². The van der Waals surface area contributed by atoms with Crippen molar-refractivity contribution in [3.05, 3.63) is 65.2 Å². The van der Waals surface area contributed by atoms with Gasteiger partial charge in [0, 0.05) is 23.8 Å². The van der Waals surface area contributed by atoms with E-state index in [0.29, 0.717) is 35.8 Å². The molecule has 0 spiro atoms. The Kier molecular flexibility index (Phi) is 7.41. The van der Waals surface area contributed by atoms with Gasteiger partial charge >= 0.3 is 6.03 Å². The van der Waals surface area contributed by atoms with Gasteiger partial charge in [-0.25, -0.2) is 4.79 Å². The van der Waals surface area contributed by atoms with Gasteiger partial charge in [-0.2, -0.15) is 5.26 Å². The number of nitriles is 1. The molecule has 0 saturated heterocycles. The van der Waals surface area contributed by atoms with Crippen LogP contribution in [0.1, 0.15) is 47.2 Å². The van der Waals surface area contributed by atoms with E-state index in [1.54, 1.807) is 36.4 Å². The number of nitrogens with zero attached hydrogens (tertiary/aromatic N) is 1. The normalized spacial score (nSPS) is 18.1. The maximum atomic E-state index is 12.6. The molecule has 1 fully saturated rings. The molecule has 1 saturated carbocycles. The first-order chi connectivity index (χ1) is 14.6. The van der Waals surface area contributed by atoms with Gasteiger partial charge in [0.2, 0.25) is 0 Å². The summed E-state index contributed by atoms with van der Waals surface area (Å²) < 4.78 is 0. The zero-order valence-corrected chi connectivity index (χ0v) is 16.9. The van der Waals surface area contributed by atoms with E-state index in [0.717, 1.165) is 31.2 Å². The molecule has 0 atom stereocenters. The first kappa shape index (κ1) is 21.3. The van der Waals surface area contributed by atoms with Gasteiger partial charge in [0.05, 0.1) is 11.6 Å². The van der Waals surface area contributed by atoms with Crippen molar-refractivity contribution in [3.8, 4) is 6.07 Å². The third-order valence-corrected chi connectivity index (χ3v) is 5.43. The van der Waals surface area contributed by atoms with Gasteiger partial charge in [-0.1, -0.05) is 12.1 Å². The number of urea groups is 1. The van der Waals surface area contributed by atoms with E-state index < -0.39 is 0 Å². The lowest BCUT2D eigenvalue weighted by molar-refractivity contribution is 0.0922. The summed E-state index contributed by atoms with van der Waals surface area (Å²) in [5.41, 5.74) is 8.28. The van der Waals surface area contributed by atoms with Crippen molar-refractivity contribution in [2.45, 2.75) is 38.3 Å². The number of nitrogens with two attached hydrogens (primary N) is 1.